The number of hydrogen-bond acceptors (Lipinski definition) is 4. The molecular weight excluding hydrogens is 414 g/mol. The average Bonchev–Trinajstić information content (AvgIpc) is 3.52. The molecule has 1 heterocycles. The highest BCUT2D eigenvalue weighted by Crippen LogP contribution is 2.48. The number of aromatic nitrogens is 2. The van der Waals surface area contributed by atoms with Crippen molar-refractivity contribution in [2.45, 2.75) is 59.8 Å². The Hall–Kier alpha value is -3.41. The van der Waals surface area contributed by atoms with Crippen LogP contribution in [0.3, 0.4) is 0 Å². The van der Waals surface area contributed by atoms with Gasteiger partial charge in [0.2, 0.25) is 11.8 Å². The summed E-state index contributed by atoms with van der Waals surface area (Å²) in [4.78, 5) is 24.2. The van der Waals surface area contributed by atoms with Crippen molar-refractivity contribution in [3.8, 4) is 22.7 Å². The van der Waals surface area contributed by atoms with Crippen molar-refractivity contribution in [1.82, 2.24) is 9.78 Å². The molecule has 0 saturated heterocycles. The molecule has 2 aromatic carbocycles. The number of esters is 1. The van der Waals surface area contributed by atoms with Gasteiger partial charge in [0.05, 0.1) is 16.9 Å². The molecule has 1 N–H and O–H groups in total. The molecule has 0 unspecified atom stereocenters. The molecular formula is C27H31N3O3. The van der Waals surface area contributed by atoms with E-state index in [1.165, 1.54) is 6.92 Å². The van der Waals surface area contributed by atoms with Crippen molar-refractivity contribution in [2.75, 3.05) is 5.32 Å². The van der Waals surface area contributed by atoms with Gasteiger partial charge in [0.25, 0.3) is 0 Å². The third-order valence-electron chi connectivity index (χ3n) is 5.72. The van der Waals surface area contributed by atoms with E-state index < -0.39 is 0 Å². The molecule has 0 radical (unpaired) electrons. The van der Waals surface area contributed by atoms with Crippen LogP contribution in [0.5, 0.6) is 5.88 Å². The maximum atomic E-state index is 12.1. The molecule has 1 amide bonds. The summed E-state index contributed by atoms with van der Waals surface area (Å²) in [6.07, 6.45) is 2.62. The minimum absolute atomic E-state index is 0.000219. The number of hydrogen-bond donors (Lipinski definition) is 1. The van der Waals surface area contributed by atoms with Gasteiger partial charge in [-0.3, -0.25) is 9.59 Å². The van der Waals surface area contributed by atoms with Crippen LogP contribution in [0, 0.1) is 19.8 Å². The molecule has 6 heteroatoms. The first kappa shape index (κ1) is 22.8. The Morgan fingerprint density at radius 1 is 1.12 bits per heavy atom. The Morgan fingerprint density at radius 3 is 2.42 bits per heavy atom. The van der Waals surface area contributed by atoms with Gasteiger partial charge in [0, 0.05) is 24.9 Å². The van der Waals surface area contributed by atoms with Crippen LogP contribution in [-0.2, 0) is 9.59 Å². The van der Waals surface area contributed by atoms with Crippen molar-refractivity contribution in [1.29, 1.82) is 0 Å². The Labute approximate surface area is 195 Å². The lowest BCUT2D eigenvalue weighted by Gasteiger charge is -2.12. The summed E-state index contributed by atoms with van der Waals surface area (Å²) in [7, 11) is 0. The normalized spacial score (nSPS) is 13.3. The van der Waals surface area contributed by atoms with Crippen LogP contribution in [0.15, 0.2) is 42.5 Å². The molecule has 0 bridgehead atoms. The topological polar surface area (TPSA) is 73.2 Å². The average molecular weight is 446 g/mol. The number of carbonyl (C=O) groups is 2. The molecule has 172 valence electrons. The molecule has 3 aromatic rings. The molecule has 1 aliphatic carbocycles. The molecule has 6 nitrogen and oxygen atoms in total. The van der Waals surface area contributed by atoms with E-state index in [1.807, 2.05) is 52.0 Å². The zero-order chi connectivity index (χ0) is 23.7. The number of ether oxygens (including phenoxy) is 1. The first-order valence-electron chi connectivity index (χ1n) is 11.5. The number of amides is 1. The highest BCUT2D eigenvalue weighted by molar-refractivity contribution is 5.91. The minimum atomic E-state index is -0.386. The zero-order valence-corrected chi connectivity index (χ0v) is 19.9. The van der Waals surface area contributed by atoms with E-state index in [2.05, 4.69) is 23.5 Å². The third kappa shape index (κ3) is 5.16. The first-order chi connectivity index (χ1) is 15.7. The SMILES string of the molecule is CC(=O)Oc1c(-c2ccc(NC(=O)CC(C)C)cc2)c(C2CC2)nn1-c1cc(C)ccc1C. The van der Waals surface area contributed by atoms with Gasteiger partial charge in [0.1, 0.15) is 0 Å². The van der Waals surface area contributed by atoms with Crippen LogP contribution in [0.1, 0.15) is 62.8 Å². The van der Waals surface area contributed by atoms with Gasteiger partial charge in [-0.15, -0.1) is 0 Å². The van der Waals surface area contributed by atoms with E-state index in [0.717, 1.165) is 52.2 Å². The lowest BCUT2D eigenvalue weighted by molar-refractivity contribution is -0.132. The number of anilines is 1. The van der Waals surface area contributed by atoms with Crippen molar-refractivity contribution < 1.29 is 14.3 Å². The minimum Gasteiger partial charge on any atom is -0.407 e. The molecule has 1 saturated carbocycles. The second kappa shape index (κ2) is 9.22. The van der Waals surface area contributed by atoms with Gasteiger partial charge in [-0.05, 0) is 67.5 Å². The van der Waals surface area contributed by atoms with Crippen LogP contribution in [0.2, 0.25) is 0 Å². The molecule has 1 aliphatic rings. The maximum absolute atomic E-state index is 12.1. The molecule has 0 aliphatic heterocycles. The molecule has 0 atom stereocenters. The standard InChI is InChI=1S/C27H31N3O3/c1-16(2)14-24(32)28-22-12-10-20(11-13-22)25-26(21-8-9-21)29-30(27(25)33-19(5)31)23-15-17(3)6-7-18(23)4/h6-7,10-13,15-16,21H,8-9,14H2,1-5H3,(H,28,32). The van der Waals surface area contributed by atoms with Gasteiger partial charge >= 0.3 is 5.97 Å². The molecule has 1 aromatic heterocycles. The van der Waals surface area contributed by atoms with Crippen molar-refractivity contribution in [2.24, 2.45) is 5.92 Å². The second-order valence-electron chi connectivity index (χ2n) is 9.36. The van der Waals surface area contributed by atoms with E-state index >= 15 is 0 Å². The lowest BCUT2D eigenvalue weighted by atomic mass is 10.0. The highest BCUT2D eigenvalue weighted by Gasteiger charge is 2.34. The number of nitrogens with one attached hydrogen (secondary N) is 1. The summed E-state index contributed by atoms with van der Waals surface area (Å²) >= 11 is 0. The van der Waals surface area contributed by atoms with Gasteiger partial charge in [-0.1, -0.05) is 38.1 Å². The van der Waals surface area contributed by atoms with Crippen LogP contribution in [0.25, 0.3) is 16.8 Å². The van der Waals surface area contributed by atoms with E-state index in [0.29, 0.717) is 24.1 Å². The maximum Gasteiger partial charge on any atom is 0.309 e. The third-order valence-corrected chi connectivity index (χ3v) is 5.72. The van der Waals surface area contributed by atoms with Gasteiger partial charge in [-0.2, -0.15) is 9.78 Å². The summed E-state index contributed by atoms with van der Waals surface area (Å²) in [5.74, 6) is 0.704. The summed E-state index contributed by atoms with van der Waals surface area (Å²) in [6.45, 7) is 9.51. The fraction of sp³-hybridized carbons (Fsp3) is 0.370. The van der Waals surface area contributed by atoms with E-state index in [9.17, 15) is 9.59 Å². The fourth-order valence-corrected chi connectivity index (χ4v) is 3.98. The predicted octanol–water partition coefficient (Wildman–Crippen LogP) is 5.94. The summed E-state index contributed by atoms with van der Waals surface area (Å²) < 4.78 is 7.54. The Kier molecular flexibility index (Phi) is 6.36. The van der Waals surface area contributed by atoms with Crippen molar-refractivity contribution in [3.63, 3.8) is 0 Å². The number of aryl methyl sites for hydroxylation is 2. The highest BCUT2D eigenvalue weighted by atomic mass is 16.5. The zero-order valence-electron chi connectivity index (χ0n) is 19.9. The smallest absolute Gasteiger partial charge is 0.309 e. The first-order valence-corrected chi connectivity index (χ1v) is 11.5. The molecule has 33 heavy (non-hydrogen) atoms. The lowest BCUT2D eigenvalue weighted by Crippen LogP contribution is -2.13. The predicted molar refractivity (Wildman–Crippen MR) is 130 cm³/mol. The Morgan fingerprint density at radius 2 is 1.82 bits per heavy atom. The number of rotatable bonds is 7. The van der Waals surface area contributed by atoms with E-state index in [-0.39, 0.29) is 11.9 Å². The molecule has 1 fully saturated rings. The van der Waals surface area contributed by atoms with E-state index in [1.54, 1.807) is 4.68 Å². The molecule has 4 rings (SSSR count). The monoisotopic (exact) mass is 445 g/mol. The van der Waals surface area contributed by atoms with Crippen LogP contribution < -0.4 is 10.1 Å². The summed E-state index contributed by atoms with van der Waals surface area (Å²) in [6, 6.07) is 13.8. The van der Waals surface area contributed by atoms with Crippen molar-refractivity contribution in [3.05, 3.63) is 59.3 Å². The van der Waals surface area contributed by atoms with Crippen LogP contribution >= 0.6 is 0 Å². The Balaban J connectivity index is 1.79. The van der Waals surface area contributed by atoms with E-state index in [4.69, 9.17) is 9.84 Å². The quantitative estimate of drug-likeness (QED) is 0.457. The number of benzene rings is 2. The largest absolute Gasteiger partial charge is 0.407 e. The Bertz CT molecular complexity index is 1190. The fourth-order valence-electron chi connectivity index (χ4n) is 3.98. The van der Waals surface area contributed by atoms with Crippen LogP contribution in [-0.4, -0.2) is 21.7 Å². The second-order valence-corrected chi connectivity index (χ2v) is 9.36. The summed E-state index contributed by atoms with van der Waals surface area (Å²) in [5.41, 5.74) is 6.50. The number of nitrogens with zero attached hydrogens (tertiary/aromatic N) is 2. The van der Waals surface area contributed by atoms with Gasteiger partial charge in [0.15, 0.2) is 0 Å². The van der Waals surface area contributed by atoms with Gasteiger partial charge in [-0.25, -0.2) is 0 Å². The molecule has 0 spiro atoms. The van der Waals surface area contributed by atoms with Gasteiger partial charge < -0.3 is 10.1 Å². The van der Waals surface area contributed by atoms with Crippen molar-refractivity contribution >= 4 is 17.6 Å². The number of carbonyl (C=O) groups excluding carboxylic acids is 2. The summed E-state index contributed by atoms with van der Waals surface area (Å²) in [5, 5.41) is 7.90. The van der Waals surface area contributed by atoms with Crippen LogP contribution in [0.4, 0.5) is 5.69 Å².